The third-order valence-electron chi connectivity index (χ3n) is 8.43. The molecule has 0 aliphatic heterocycles. The molecule has 0 fully saturated rings. The fourth-order valence-electron chi connectivity index (χ4n) is 6.43. The van der Waals surface area contributed by atoms with Gasteiger partial charge < -0.3 is 21.1 Å². The highest BCUT2D eigenvalue weighted by Gasteiger charge is 2.50. The van der Waals surface area contributed by atoms with Crippen LogP contribution in [0, 0.1) is 25.2 Å². The molecule has 4 N–H and O–H groups in total. The van der Waals surface area contributed by atoms with Crippen molar-refractivity contribution in [1.82, 2.24) is 10.2 Å². The van der Waals surface area contributed by atoms with Crippen molar-refractivity contribution in [3.63, 3.8) is 0 Å². The predicted octanol–water partition coefficient (Wildman–Crippen LogP) is 5.44. The van der Waals surface area contributed by atoms with E-state index in [9.17, 15) is 14.7 Å². The number of carbonyl (C=O) groups excluding carboxylic acids is 2. The Morgan fingerprint density at radius 3 is 2.36 bits per heavy atom. The van der Waals surface area contributed by atoms with E-state index in [1.54, 1.807) is 6.08 Å². The molecule has 3 rings (SSSR count). The fraction of sp³-hybridized carbons (Fsp3) is 0.500. The summed E-state index contributed by atoms with van der Waals surface area (Å²) in [4.78, 5) is 29.0. The molecule has 0 radical (unpaired) electrons. The summed E-state index contributed by atoms with van der Waals surface area (Å²) in [5.74, 6) is -1.02. The van der Waals surface area contributed by atoms with Crippen LogP contribution in [-0.2, 0) is 22.4 Å². The molecule has 0 heterocycles. The Morgan fingerprint density at radius 2 is 1.74 bits per heavy atom. The van der Waals surface area contributed by atoms with Gasteiger partial charge in [-0.1, -0.05) is 85.7 Å². The van der Waals surface area contributed by atoms with Gasteiger partial charge in [-0.25, -0.2) is 0 Å². The third-order valence-corrected chi connectivity index (χ3v) is 8.43. The normalized spacial score (nSPS) is 18.1. The summed E-state index contributed by atoms with van der Waals surface area (Å²) in [6.07, 6.45) is 7.21. The van der Waals surface area contributed by atoms with E-state index in [1.807, 2.05) is 48.2 Å². The molecule has 0 saturated carbocycles. The van der Waals surface area contributed by atoms with Crippen molar-refractivity contribution in [3.05, 3.63) is 94.1 Å². The van der Waals surface area contributed by atoms with Crippen LogP contribution < -0.4 is 11.1 Å². The van der Waals surface area contributed by atoms with Crippen LogP contribution in [0.2, 0.25) is 0 Å². The molecular weight excluding hydrogens is 522 g/mol. The lowest BCUT2D eigenvalue weighted by molar-refractivity contribution is -0.145. The van der Waals surface area contributed by atoms with Gasteiger partial charge in [0.25, 0.3) is 0 Å². The summed E-state index contributed by atoms with van der Waals surface area (Å²) < 4.78 is 0. The first-order valence-corrected chi connectivity index (χ1v) is 15.6. The van der Waals surface area contributed by atoms with Crippen molar-refractivity contribution in [2.45, 2.75) is 79.2 Å². The number of nitrogens with zero attached hydrogens (tertiary/aromatic N) is 1. The predicted molar refractivity (Wildman–Crippen MR) is 172 cm³/mol. The first-order valence-electron chi connectivity index (χ1n) is 15.6. The van der Waals surface area contributed by atoms with Gasteiger partial charge >= 0.3 is 0 Å². The van der Waals surface area contributed by atoms with Gasteiger partial charge in [-0.2, -0.15) is 0 Å². The second-order valence-corrected chi connectivity index (χ2v) is 12.0. The molecule has 3 atom stereocenters. The second kappa shape index (κ2) is 15.9. The SMILES string of the molecule is CCCN(CCC)C(=O)C1([C@H](Cc2ccccc2)[C@@H](O)CNCCCc2ccc(C)cc2C)C=C(C)C=C(C(N)=O)C1. The van der Waals surface area contributed by atoms with Gasteiger partial charge in [0.2, 0.25) is 11.8 Å². The van der Waals surface area contributed by atoms with Gasteiger partial charge in [-0.15, -0.1) is 0 Å². The van der Waals surface area contributed by atoms with Crippen LogP contribution in [-0.4, -0.2) is 54.1 Å². The number of aliphatic hydroxyl groups is 1. The Labute approximate surface area is 253 Å². The standard InChI is InChI=1S/C36H51N3O3/c1-6-18-39(19-7-2)35(42)36(23-27(4)21-31(24-36)34(37)41)32(22-29-12-9-8-10-13-29)33(40)25-38-17-11-14-30-16-15-26(3)20-28(30)5/h8-10,12-13,15-16,20-21,23,32-33,38,40H,6-7,11,14,17-19,22,24-25H2,1-5H3,(H2,37,41)/t32-,33+,36?/m1/s1. The van der Waals surface area contributed by atoms with Crippen molar-refractivity contribution >= 4 is 11.8 Å². The van der Waals surface area contributed by atoms with Crippen molar-refractivity contribution in [2.24, 2.45) is 17.1 Å². The van der Waals surface area contributed by atoms with Gasteiger partial charge in [-0.3, -0.25) is 9.59 Å². The minimum atomic E-state index is -1.09. The molecule has 2 amide bonds. The Kier molecular flexibility index (Phi) is 12.6. The number of primary amides is 1. The van der Waals surface area contributed by atoms with Gasteiger partial charge in [-0.05, 0) is 82.5 Å². The highest BCUT2D eigenvalue weighted by Crippen LogP contribution is 2.45. The van der Waals surface area contributed by atoms with Crippen LogP contribution in [0.5, 0.6) is 0 Å². The average Bonchev–Trinajstić information content (AvgIpc) is 2.96. The second-order valence-electron chi connectivity index (χ2n) is 12.0. The number of aryl methyl sites for hydroxylation is 3. The highest BCUT2D eigenvalue weighted by molar-refractivity contribution is 5.96. The van der Waals surface area contributed by atoms with Crippen LogP contribution in [0.4, 0.5) is 0 Å². The number of nitrogens with two attached hydrogens (primary N) is 1. The molecule has 0 saturated heterocycles. The number of nitrogens with one attached hydrogen (secondary N) is 1. The zero-order valence-corrected chi connectivity index (χ0v) is 26.3. The van der Waals surface area contributed by atoms with E-state index >= 15 is 0 Å². The molecule has 6 nitrogen and oxygen atoms in total. The van der Waals surface area contributed by atoms with Crippen molar-refractivity contribution < 1.29 is 14.7 Å². The number of hydrogen-bond donors (Lipinski definition) is 3. The van der Waals surface area contributed by atoms with Gasteiger partial charge in [0.1, 0.15) is 0 Å². The molecule has 2 aromatic carbocycles. The molecule has 0 spiro atoms. The monoisotopic (exact) mass is 573 g/mol. The van der Waals surface area contributed by atoms with Gasteiger partial charge in [0.05, 0.1) is 11.5 Å². The minimum Gasteiger partial charge on any atom is -0.391 e. The maximum absolute atomic E-state index is 14.6. The maximum atomic E-state index is 14.6. The number of rotatable bonds is 16. The summed E-state index contributed by atoms with van der Waals surface area (Å²) in [6, 6.07) is 16.6. The van der Waals surface area contributed by atoms with Crippen molar-refractivity contribution in [2.75, 3.05) is 26.2 Å². The Hall–Kier alpha value is -3.22. The lowest BCUT2D eigenvalue weighted by Crippen LogP contribution is -2.54. The molecule has 0 bridgehead atoms. The molecule has 228 valence electrons. The van der Waals surface area contributed by atoms with E-state index in [4.69, 9.17) is 5.73 Å². The molecule has 2 aromatic rings. The lowest BCUT2D eigenvalue weighted by atomic mass is 9.63. The van der Waals surface area contributed by atoms with E-state index in [-0.39, 0.29) is 12.3 Å². The van der Waals surface area contributed by atoms with E-state index in [1.165, 1.54) is 16.7 Å². The first kappa shape index (κ1) is 33.3. The largest absolute Gasteiger partial charge is 0.391 e. The van der Waals surface area contributed by atoms with Crippen LogP contribution >= 0.6 is 0 Å². The van der Waals surface area contributed by atoms with Gasteiger partial charge in [0, 0.05) is 31.1 Å². The highest BCUT2D eigenvalue weighted by atomic mass is 16.3. The topological polar surface area (TPSA) is 95.7 Å². The fourth-order valence-corrected chi connectivity index (χ4v) is 6.43. The Bertz CT molecular complexity index is 1250. The molecule has 1 aliphatic rings. The number of aliphatic hydroxyl groups excluding tert-OH is 1. The third kappa shape index (κ3) is 8.65. The van der Waals surface area contributed by atoms with E-state index < -0.39 is 23.3 Å². The van der Waals surface area contributed by atoms with E-state index in [2.05, 4.69) is 51.2 Å². The summed E-state index contributed by atoms with van der Waals surface area (Å²) in [7, 11) is 0. The number of amides is 2. The molecular formula is C36H51N3O3. The summed E-state index contributed by atoms with van der Waals surface area (Å²) in [5, 5.41) is 15.4. The van der Waals surface area contributed by atoms with Crippen molar-refractivity contribution in [1.29, 1.82) is 0 Å². The zero-order valence-electron chi connectivity index (χ0n) is 26.3. The summed E-state index contributed by atoms with van der Waals surface area (Å²) in [5.41, 5.74) is 10.9. The summed E-state index contributed by atoms with van der Waals surface area (Å²) >= 11 is 0. The quantitative estimate of drug-likeness (QED) is 0.233. The van der Waals surface area contributed by atoms with Gasteiger partial charge in [0.15, 0.2) is 0 Å². The van der Waals surface area contributed by atoms with Crippen LogP contribution in [0.3, 0.4) is 0 Å². The average molecular weight is 574 g/mol. The molecule has 0 aromatic heterocycles. The summed E-state index contributed by atoms with van der Waals surface area (Å²) in [6.45, 7) is 12.7. The Balaban J connectivity index is 1.91. The number of hydrogen-bond acceptors (Lipinski definition) is 4. The molecule has 6 heteroatoms. The maximum Gasteiger partial charge on any atom is 0.244 e. The van der Waals surface area contributed by atoms with E-state index in [0.717, 1.165) is 43.4 Å². The number of allylic oxidation sites excluding steroid dienone is 2. The van der Waals surface area contributed by atoms with Crippen LogP contribution in [0.15, 0.2) is 71.8 Å². The molecule has 42 heavy (non-hydrogen) atoms. The van der Waals surface area contributed by atoms with Crippen molar-refractivity contribution in [3.8, 4) is 0 Å². The minimum absolute atomic E-state index is 0.0350. The smallest absolute Gasteiger partial charge is 0.244 e. The molecule has 1 aliphatic carbocycles. The van der Waals surface area contributed by atoms with E-state index in [0.29, 0.717) is 31.6 Å². The lowest BCUT2D eigenvalue weighted by Gasteiger charge is -2.45. The first-order chi connectivity index (χ1) is 20.1. The molecule has 1 unspecified atom stereocenters. The van der Waals surface area contributed by atoms with Crippen LogP contribution in [0.25, 0.3) is 0 Å². The van der Waals surface area contributed by atoms with Crippen LogP contribution in [0.1, 0.15) is 68.7 Å². The zero-order chi connectivity index (χ0) is 30.7. The number of carbonyl (C=O) groups is 2. The Morgan fingerprint density at radius 1 is 1.05 bits per heavy atom. The number of benzene rings is 2.